The lowest BCUT2D eigenvalue weighted by Crippen LogP contribution is -2.49. The summed E-state index contributed by atoms with van der Waals surface area (Å²) < 4.78 is 134. The molecule has 4 amide bonds. The van der Waals surface area contributed by atoms with Crippen LogP contribution in [0.2, 0.25) is 18.1 Å². The van der Waals surface area contributed by atoms with E-state index in [1.54, 1.807) is 90.1 Å². The van der Waals surface area contributed by atoms with Crippen LogP contribution in [0, 0.1) is 23.3 Å². The predicted octanol–water partition coefficient (Wildman–Crippen LogP) is 13.4. The van der Waals surface area contributed by atoms with Gasteiger partial charge in [-0.25, -0.2) is 36.3 Å². The van der Waals surface area contributed by atoms with Gasteiger partial charge in [0.25, 0.3) is 1.45 Å². The van der Waals surface area contributed by atoms with Crippen molar-refractivity contribution in [3.05, 3.63) is 70.8 Å². The Morgan fingerprint density at radius 3 is 1.25 bits per heavy atom. The van der Waals surface area contributed by atoms with Gasteiger partial charge < -0.3 is 30.0 Å². The first-order valence-corrected chi connectivity index (χ1v) is 30.3. The Bertz CT molecular complexity index is 2130. The van der Waals surface area contributed by atoms with Crippen molar-refractivity contribution in [3.63, 3.8) is 0 Å². The maximum atomic E-state index is 14.1. The van der Waals surface area contributed by atoms with Crippen LogP contribution < -0.4 is 10.6 Å². The summed E-state index contributed by atoms with van der Waals surface area (Å²) in [4.78, 5) is 28.2. The second-order valence-corrected chi connectivity index (χ2v) is 31.0. The number of rotatable bonds is 24. The Hall–Kier alpha value is -2.31. The third kappa shape index (κ3) is 30.3. The number of phosphoric acid groups is 2. The number of nitrogens with zero attached hydrogens (tertiary/aromatic N) is 2. The topological polar surface area (TPSA) is 184 Å². The van der Waals surface area contributed by atoms with Crippen molar-refractivity contribution in [1.29, 1.82) is 1.45 Å². The lowest BCUT2D eigenvalue weighted by atomic mass is 10.1. The molecule has 0 bridgehead atoms. The zero-order valence-corrected chi connectivity index (χ0v) is 53.1. The highest BCUT2D eigenvalue weighted by Gasteiger charge is 2.40. The van der Waals surface area contributed by atoms with E-state index in [1.165, 1.54) is 41.1 Å². The minimum absolute atomic E-state index is 0. The molecule has 76 heavy (non-hydrogen) atoms. The van der Waals surface area contributed by atoms with Crippen molar-refractivity contribution < 1.29 is 77.7 Å². The molecule has 2 aromatic carbocycles. The Balaban J connectivity index is -0.00000136. The van der Waals surface area contributed by atoms with Crippen molar-refractivity contribution in [1.82, 2.24) is 20.4 Å². The second-order valence-electron chi connectivity index (χ2n) is 23.2. The Morgan fingerprint density at radius 1 is 0.632 bits per heavy atom. The van der Waals surface area contributed by atoms with Gasteiger partial charge in [0.2, 0.25) is 0 Å². The molecule has 26 heteroatoms. The zero-order valence-electron chi connectivity index (χ0n) is 49.3. The van der Waals surface area contributed by atoms with E-state index in [9.17, 15) is 41.4 Å². The van der Waals surface area contributed by atoms with Crippen LogP contribution in [0.25, 0.3) is 0 Å². The van der Waals surface area contributed by atoms with Gasteiger partial charge in [0.15, 0.2) is 31.6 Å². The highest BCUT2D eigenvalue weighted by atomic mass is 32.1. The van der Waals surface area contributed by atoms with E-state index in [-0.39, 0.29) is 88.7 Å². The van der Waals surface area contributed by atoms with Crippen LogP contribution in [-0.2, 0) is 53.8 Å². The summed E-state index contributed by atoms with van der Waals surface area (Å²) in [5.41, 5.74) is -2.95. The lowest BCUT2D eigenvalue weighted by Gasteiger charge is -2.38. The van der Waals surface area contributed by atoms with E-state index >= 15 is 0 Å². The molecule has 0 aliphatic carbocycles. The van der Waals surface area contributed by atoms with Crippen molar-refractivity contribution in [2.45, 2.75) is 195 Å². The number of amides is 4. The average Bonchev–Trinajstić information content (AvgIpc) is 3.24. The molecular weight excluding hydrogens is 1100 g/mol. The lowest BCUT2D eigenvalue weighted by molar-refractivity contribution is 0.000676. The molecule has 0 radical (unpaired) electrons. The van der Waals surface area contributed by atoms with Gasteiger partial charge in [0.1, 0.15) is 0 Å². The number of likely N-dealkylation sites (N-methyl/N-ethyl adjacent to an activating group) is 2. The molecule has 0 aliphatic heterocycles. The van der Waals surface area contributed by atoms with E-state index in [4.69, 9.17) is 36.3 Å². The summed E-state index contributed by atoms with van der Waals surface area (Å²) in [6.07, 6.45) is 1.59. The number of phosphoric ester groups is 2. The van der Waals surface area contributed by atoms with Crippen molar-refractivity contribution in [2.75, 3.05) is 40.5 Å². The van der Waals surface area contributed by atoms with Crippen LogP contribution in [0.5, 0.6) is 0 Å². The number of hydrogen-bond acceptors (Lipinski definition) is 12. The molecule has 0 unspecified atom stereocenters. The maximum absolute atomic E-state index is 14.1. The molecule has 0 saturated carbocycles. The summed E-state index contributed by atoms with van der Waals surface area (Å²) in [5.74, 6) is -3.97. The average molecular weight is 1190 g/mol. The van der Waals surface area contributed by atoms with Gasteiger partial charge in [0, 0.05) is 38.3 Å². The van der Waals surface area contributed by atoms with Crippen LogP contribution in [0.1, 0.15) is 141 Å². The van der Waals surface area contributed by atoms with E-state index in [1.807, 2.05) is 0 Å². The van der Waals surface area contributed by atoms with Gasteiger partial charge >= 0.3 is 27.7 Å². The van der Waals surface area contributed by atoms with E-state index in [0.717, 1.165) is 12.1 Å². The first-order valence-electron chi connectivity index (χ1n) is 24.8. The molecule has 0 aromatic heterocycles. The first-order chi connectivity index (χ1) is 34.0. The number of aliphatic hydroxyl groups excluding tert-OH is 1. The zero-order chi connectivity index (χ0) is 58.6. The fourth-order valence-electron chi connectivity index (χ4n) is 6.08. The summed E-state index contributed by atoms with van der Waals surface area (Å²) in [7, 11) is -6.73. The first kappa shape index (κ1) is 75.8. The van der Waals surface area contributed by atoms with Crippen LogP contribution in [0.3, 0.4) is 0 Å². The highest BCUT2D eigenvalue weighted by molar-refractivity contribution is 7.59. The maximum Gasteiger partial charge on any atom is 0.475 e. The minimum Gasteiger partial charge on any atom is -0.415 e. The molecule has 0 spiro atoms. The number of halogens is 5. The molecule has 2 atom stereocenters. The number of carbonyl (C=O) groups is 2. The van der Waals surface area contributed by atoms with Crippen LogP contribution >= 0.6 is 42.6 Å². The summed E-state index contributed by atoms with van der Waals surface area (Å²) in [5, 5.41) is 14.8. The van der Waals surface area contributed by atoms with Gasteiger partial charge in [-0.2, -0.15) is 27.0 Å². The number of urea groups is 2. The smallest absolute Gasteiger partial charge is 0.415 e. The normalized spacial score (nSPS) is 13.5. The van der Waals surface area contributed by atoms with E-state index < -0.39 is 87.7 Å². The van der Waals surface area contributed by atoms with Crippen molar-refractivity contribution >= 4 is 63.0 Å². The number of aliphatic hydroxyl groups is 1. The number of carbonyl (C=O) groups excluding carboxylic acids is 2. The molecule has 3 N–H and O–H groups in total. The molecule has 0 heterocycles. The van der Waals surface area contributed by atoms with E-state index in [2.05, 4.69) is 45.9 Å². The van der Waals surface area contributed by atoms with Crippen molar-refractivity contribution in [2.24, 2.45) is 0 Å². The molecule has 2 aromatic rings. The van der Waals surface area contributed by atoms with Crippen molar-refractivity contribution in [3.8, 4) is 0 Å². The largest absolute Gasteiger partial charge is 0.475 e. The SMILES string of the molecule is CN(C(=O)NCc1cccc(F)c1F)[C@@H](CCCOP(=O)(OC(C)(C)C)OC(C)(C)C)CO[Si](C)(C)C(C)(C)C.CN(C(=O)NCc1cccc(F)c1F)[C@H](CO)CCCOP(=O)(OC(C)(C)C)OC(C)(C)C.S.S.[3H]F. The molecule has 446 valence electrons. The predicted molar refractivity (Wildman–Crippen MR) is 303 cm³/mol. The molecule has 16 nitrogen and oxygen atoms in total. The third-order valence-electron chi connectivity index (χ3n) is 10.7. The fourth-order valence-corrected chi connectivity index (χ4v) is 10.8. The molecule has 0 saturated heterocycles. The molecule has 2 rings (SSSR count). The Kier molecular flexibility index (Phi) is 32.7. The van der Waals surface area contributed by atoms with Gasteiger partial charge in [-0.05, 0) is 139 Å². The monoisotopic (exact) mass is 1190 g/mol. The summed E-state index contributed by atoms with van der Waals surface area (Å²) in [6, 6.07) is 5.62. The van der Waals surface area contributed by atoms with Gasteiger partial charge in [-0.15, -0.1) is 0 Å². The van der Waals surface area contributed by atoms with Gasteiger partial charge in [-0.1, -0.05) is 45.0 Å². The Morgan fingerprint density at radius 2 is 0.947 bits per heavy atom. The van der Waals surface area contributed by atoms with E-state index in [0.29, 0.717) is 25.7 Å². The molecule has 0 fully saturated rings. The second kappa shape index (κ2) is 32.8. The Labute approximate surface area is 467 Å². The fraction of sp³-hybridized carbons (Fsp3) is 0.720. The van der Waals surface area contributed by atoms with Gasteiger partial charge in [-0.3, -0.25) is 31.9 Å². The minimum atomic E-state index is -3.87. The summed E-state index contributed by atoms with van der Waals surface area (Å²) >= 11 is 0. The van der Waals surface area contributed by atoms with Crippen LogP contribution in [0.4, 0.5) is 31.9 Å². The van der Waals surface area contributed by atoms with Crippen LogP contribution in [-0.4, -0.2) is 112 Å². The quantitative estimate of drug-likeness (QED) is 0.0392. The number of hydrogen-bond donors (Lipinski definition) is 3. The number of benzene rings is 2. The number of nitrogens with one attached hydrogen (secondary N) is 2. The van der Waals surface area contributed by atoms with Gasteiger partial charge in [0.05, 0.1) is 60.9 Å². The third-order valence-corrected chi connectivity index (χ3v) is 19.3. The molecular formula is C50H93F5N4O12P2S2Si. The summed E-state index contributed by atoms with van der Waals surface area (Å²) in [6.45, 7) is 31.4. The molecule has 0 aliphatic rings. The van der Waals surface area contributed by atoms with Crippen LogP contribution in [0.15, 0.2) is 36.4 Å². The standard InChI is InChI=1S/C28H51F2N2O6PSi.C22H37F2N2O6P.FH.2H2S/c1-26(2,3)37-39(34,38-27(4,5)6)35-18-14-16-22(20-36-40(11,12)28(7,8)9)32(10)25(33)31-19-21-15-13-17-23(29)24(21)30;1-21(2,3)31-33(29,32-22(4,5)6)30-13-9-11-17(15-27)26(7)20(28)25-14-16-10-8-12-18(23)19(16)24;;;/h13,15,17,22H,14,16,18-20H2,1-12H3,(H,31,33);8,10,12,17,27H,9,11,13-15H2,1-7H3,(H,25,28);1H;2*1H2/t22-;17-;;;/m00.../s1/i/hT. The highest BCUT2D eigenvalue weighted by Crippen LogP contribution is 2.56.